The Balaban J connectivity index is 2.10. The lowest BCUT2D eigenvalue weighted by Crippen LogP contribution is -2.08. The molecule has 0 N–H and O–H groups in total. The maximum absolute atomic E-state index is 12.2. The van der Waals surface area contributed by atoms with Crippen LogP contribution in [0, 0.1) is 0 Å². The van der Waals surface area contributed by atoms with Gasteiger partial charge < -0.3 is 9.42 Å². The lowest BCUT2D eigenvalue weighted by Gasteiger charge is -2.20. The molecule has 0 aliphatic heterocycles. The van der Waals surface area contributed by atoms with E-state index in [2.05, 4.69) is 17.0 Å². The number of hydrogen-bond acceptors (Lipinski definition) is 3. The number of para-hydroxylation sites is 1. The fourth-order valence-corrected chi connectivity index (χ4v) is 3.79. The zero-order valence-corrected chi connectivity index (χ0v) is 13.7. The molecule has 0 radical (unpaired) electrons. The van der Waals surface area contributed by atoms with E-state index in [1.807, 2.05) is 56.4 Å². The molecule has 2 rings (SSSR count). The molecule has 0 saturated heterocycles. The fraction of sp³-hybridized carbons (Fsp3) is 0.294. The maximum Gasteiger partial charge on any atom is 0.204 e. The Morgan fingerprint density at radius 3 is 2.14 bits per heavy atom. The predicted molar refractivity (Wildman–Crippen MR) is 89.8 cm³/mol. The second-order valence-electron chi connectivity index (χ2n) is 5.15. The standard InChI is InChI=1S/C17H22NO2P/c1-4-20-21(3,19)14-15-10-12-17(13-11-15)18(2)16-8-6-5-7-9-16/h5-13H,4,14H2,1-3H3. The minimum absolute atomic E-state index is 0.482. The Hall–Kier alpha value is -1.57. The maximum atomic E-state index is 12.2. The van der Waals surface area contributed by atoms with Crippen LogP contribution >= 0.6 is 7.37 Å². The minimum atomic E-state index is -2.52. The Bertz CT molecular complexity index is 610. The van der Waals surface area contributed by atoms with Gasteiger partial charge in [0.15, 0.2) is 0 Å². The topological polar surface area (TPSA) is 29.5 Å². The smallest absolute Gasteiger partial charge is 0.204 e. The summed E-state index contributed by atoms with van der Waals surface area (Å²) in [6.45, 7) is 4.05. The van der Waals surface area contributed by atoms with E-state index in [1.54, 1.807) is 6.66 Å². The van der Waals surface area contributed by atoms with Gasteiger partial charge in [-0.05, 0) is 36.8 Å². The first-order valence-electron chi connectivity index (χ1n) is 7.10. The van der Waals surface area contributed by atoms with Crippen LogP contribution in [0.3, 0.4) is 0 Å². The van der Waals surface area contributed by atoms with Crippen molar-refractivity contribution in [3.63, 3.8) is 0 Å². The van der Waals surface area contributed by atoms with E-state index in [0.717, 1.165) is 16.9 Å². The van der Waals surface area contributed by atoms with Gasteiger partial charge in [-0.3, -0.25) is 4.57 Å². The fourth-order valence-electron chi connectivity index (χ4n) is 2.28. The predicted octanol–water partition coefficient (Wildman–Crippen LogP) is 4.90. The van der Waals surface area contributed by atoms with Crippen molar-refractivity contribution in [3.8, 4) is 0 Å². The minimum Gasteiger partial charge on any atom is -0.345 e. The number of anilines is 2. The van der Waals surface area contributed by atoms with Crippen LogP contribution in [-0.2, 0) is 15.3 Å². The van der Waals surface area contributed by atoms with Crippen molar-refractivity contribution in [3.05, 3.63) is 60.2 Å². The molecule has 0 amide bonds. The van der Waals surface area contributed by atoms with Gasteiger partial charge in [0.05, 0.1) is 6.61 Å². The largest absolute Gasteiger partial charge is 0.345 e. The van der Waals surface area contributed by atoms with E-state index in [9.17, 15) is 4.57 Å². The average Bonchev–Trinajstić information content (AvgIpc) is 2.48. The first-order chi connectivity index (χ1) is 10.0. The third-order valence-electron chi connectivity index (χ3n) is 3.34. The highest BCUT2D eigenvalue weighted by atomic mass is 31.2. The van der Waals surface area contributed by atoms with Crippen LogP contribution in [0.5, 0.6) is 0 Å². The summed E-state index contributed by atoms with van der Waals surface area (Å²) in [4.78, 5) is 2.12. The summed E-state index contributed by atoms with van der Waals surface area (Å²) in [5.74, 6) is 0. The highest BCUT2D eigenvalue weighted by molar-refractivity contribution is 7.57. The number of benzene rings is 2. The number of hydrogen-bond donors (Lipinski definition) is 0. The van der Waals surface area contributed by atoms with E-state index in [4.69, 9.17) is 4.52 Å². The Morgan fingerprint density at radius 2 is 1.57 bits per heavy atom. The SMILES string of the molecule is CCOP(C)(=O)Cc1ccc(N(C)c2ccccc2)cc1. The van der Waals surface area contributed by atoms with E-state index in [0.29, 0.717) is 12.8 Å². The zero-order valence-electron chi connectivity index (χ0n) is 12.8. The molecule has 4 heteroatoms. The molecule has 2 aromatic rings. The first-order valence-corrected chi connectivity index (χ1v) is 9.36. The Kier molecular flexibility index (Phi) is 5.22. The lowest BCUT2D eigenvalue weighted by molar-refractivity contribution is 0.336. The molecular formula is C17H22NO2P. The van der Waals surface area contributed by atoms with Crippen LogP contribution in [0.4, 0.5) is 11.4 Å². The third kappa shape index (κ3) is 4.45. The van der Waals surface area contributed by atoms with Gasteiger partial charge in [-0.2, -0.15) is 0 Å². The first kappa shape index (κ1) is 15.8. The molecule has 3 nitrogen and oxygen atoms in total. The van der Waals surface area contributed by atoms with E-state index < -0.39 is 7.37 Å². The van der Waals surface area contributed by atoms with Gasteiger partial charge in [0.1, 0.15) is 0 Å². The van der Waals surface area contributed by atoms with Crippen LogP contribution in [0.25, 0.3) is 0 Å². The van der Waals surface area contributed by atoms with E-state index in [1.165, 1.54) is 0 Å². The molecule has 112 valence electrons. The van der Waals surface area contributed by atoms with Gasteiger partial charge in [-0.15, -0.1) is 0 Å². The van der Waals surface area contributed by atoms with Gasteiger partial charge in [0, 0.05) is 31.2 Å². The molecule has 0 saturated carbocycles. The van der Waals surface area contributed by atoms with Crippen LogP contribution in [0.15, 0.2) is 54.6 Å². The van der Waals surface area contributed by atoms with Gasteiger partial charge in [0.2, 0.25) is 7.37 Å². The van der Waals surface area contributed by atoms with Crippen LogP contribution in [0.2, 0.25) is 0 Å². The summed E-state index contributed by atoms with van der Waals surface area (Å²) in [6, 6.07) is 18.3. The van der Waals surface area contributed by atoms with Crippen molar-refractivity contribution in [1.29, 1.82) is 0 Å². The second-order valence-corrected chi connectivity index (χ2v) is 7.75. The summed E-state index contributed by atoms with van der Waals surface area (Å²) >= 11 is 0. The molecule has 0 bridgehead atoms. The van der Waals surface area contributed by atoms with Crippen molar-refractivity contribution in [1.82, 2.24) is 0 Å². The number of nitrogens with zero attached hydrogens (tertiary/aromatic N) is 1. The van der Waals surface area contributed by atoms with Gasteiger partial charge in [-0.25, -0.2) is 0 Å². The molecule has 0 fully saturated rings. The zero-order chi connectivity index (χ0) is 15.3. The Morgan fingerprint density at radius 1 is 1.00 bits per heavy atom. The highest BCUT2D eigenvalue weighted by Crippen LogP contribution is 2.46. The van der Waals surface area contributed by atoms with Gasteiger partial charge >= 0.3 is 0 Å². The molecule has 0 heterocycles. The molecule has 0 aliphatic rings. The van der Waals surface area contributed by atoms with Crippen molar-refractivity contribution >= 4 is 18.7 Å². The Labute approximate surface area is 127 Å². The summed E-state index contributed by atoms with van der Waals surface area (Å²) in [5, 5.41) is 0. The molecule has 21 heavy (non-hydrogen) atoms. The number of rotatable bonds is 6. The van der Waals surface area contributed by atoms with Crippen LogP contribution in [0.1, 0.15) is 12.5 Å². The summed E-state index contributed by atoms with van der Waals surface area (Å²) in [6.07, 6.45) is 0.482. The van der Waals surface area contributed by atoms with Crippen molar-refractivity contribution in [2.24, 2.45) is 0 Å². The van der Waals surface area contributed by atoms with E-state index in [-0.39, 0.29) is 0 Å². The third-order valence-corrected chi connectivity index (χ3v) is 5.08. The molecular weight excluding hydrogens is 281 g/mol. The van der Waals surface area contributed by atoms with Crippen LogP contribution in [-0.4, -0.2) is 20.3 Å². The normalized spacial score (nSPS) is 13.7. The van der Waals surface area contributed by atoms with E-state index >= 15 is 0 Å². The molecule has 1 atom stereocenters. The molecule has 0 aliphatic carbocycles. The lowest BCUT2D eigenvalue weighted by atomic mass is 10.2. The van der Waals surface area contributed by atoms with Gasteiger partial charge in [-0.1, -0.05) is 30.3 Å². The highest BCUT2D eigenvalue weighted by Gasteiger charge is 2.15. The molecule has 2 aromatic carbocycles. The second kappa shape index (κ2) is 6.93. The van der Waals surface area contributed by atoms with Crippen molar-refractivity contribution in [2.45, 2.75) is 13.1 Å². The molecule has 0 aromatic heterocycles. The molecule has 0 spiro atoms. The van der Waals surface area contributed by atoms with Crippen LogP contribution < -0.4 is 4.90 Å². The quantitative estimate of drug-likeness (QED) is 0.711. The average molecular weight is 303 g/mol. The summed E-state index contributed by atoms with van der Waals surface area (Å²) in [5.41, 5.74) is 3.28. The summed E-state index contributed by atoms with van der Waals surface area (Å²) in [7, 11) is -0.488. The van der Waals surface area contributed by atoms with Crippen molar-refractivity contribution in [2.75, 3.05) is 25.2 Å². The molecule has 1 unspecified atom stereocenters. The monoisotopic (exact) mass is 303 g/mol. The summed E-state index contributed by atoms with van der Waals surface area (Å²) < 4.78 is 17.5. The van der Waals surface area contributed by atoms with Gasteiger partial charge in [0.25, 0.3) is 0 Å². The van der Waals surface area contributed by atoms with Crippen molar-refractivity contribution < 1.29 is 9.09 Å².